The molecule has 3 rings (SSSR count). The van der Waals surface area contributed by atoms with Crippen molar-refractivity contribution in [1.29, 1.82) is 0 Å². The quantitative estimate of drug-likeness (QED) is 0.792. The molecule has 2 aromatic carbocycles. The largest absolute Gasteiger partial charge is 0.386 e. The van der Waals surface area contributed by atoms with Gasteiger partial charge in [0.15, 0.2) is 5.82 Å². The van der Waals surface area contributed by atoms with Crippen LogP contribution in [0.5, 0.6) is 0 Å². The van der Waals surface area contributed by atoms with Crippen LogP contribution in [-0.4, -0.2) is 19.9 Å². The Morgan fingerprint density at radius 2 is 1.96 bits per heavy atom. The van der Waals surface area contributed by atoms with E-state index >= 15 is 0 Å². The van der Waals surface area contributed by atoms with Crippen molar-refractivity contribution in [2.75, 3.05) is 0 Å². The number of aromatic nitrogens is 3. The molecule has 0 bridgehead atoms. The van der Waals surface area contributed by atoms with Gasteiger partial charge in [0, 0.05) is 11.1 Å². The van der Waals surface area contributed by atoms with Crippen molar-refractivity contribution in [2.45, 2.75) is 12.6 Å². The molecule has 1 atom stereocenters. The fourth-order valence-electron chi connectivity index (χ4n) is 2.28. The highest BCUT2D eigenvalue weighted by molar-refractivity contribution is 6.33. The lowest BCUT2D eigenvalue weighted by Crippen LogP contribution is -2.13. The lowest BCUT2D eigenvalue weighted by molar-refractivity contribution is 0.147. The van der Waals surface area contributed by atoms with Crippen molar-refractivity contribution in [3.63, 3.8) is 0 Å². The van der Waals surface area contributed by atoms with Gasteiger partial charge in [0.25, 0.3) is 0 Å². The van der Waals surface area contributed by atoms with Crippen molar-refractivity contribution in [1.82, 2.24) is 14.8 Å². The third-order valence-corrected chi connectivity index (χ3v) is 3.72. The van der Waals surface area contributed by atoms with Crippen LogP contribution in [0.15, 0.2) is 48.8 Å². The van der Waals surface area contributed by atoms with Gasteiger partial charge in [-0.05, 0) is 30.3 Å². The minimum atomic E-state index is -1.27. The number of hydrogen-bond donors (Lipinski definition) is 1. The van der Waals surface area contributed by atoms with Crippen LogP contribution in [0.25, 0.3) is 11.4 Å². The summed E-state index contributed by atoms with van der Waals surface area (Å²) in [5.41, 5.74) is 0.504. The second kappa shape index (κ2) is 6.44. The van der Waals surface area contributed by atoms with E-state index in [0.29, 0.717) is 16.4 Å². The van der Waals surface area contributed by atoms with E-state index in [1.165, 1.54) is 11.0 Å². The highest BCUT2D eigenvalue weighted by Crippen LogP contribution is 2.27. The molecule has 7 heteroatoms. The highest BCUT2D eigenvalue weighted by Gasteiger charge is 2.18. The van der Waals surface area contributed by atoms with Crippen LogP contribution in [-0.2, 0) is 6.54 Å². The summed E-state index contributed by atoms with van der Waals surface area (Å²) in [6, 6.07) is 9.98. The molecule has 0 spiro atoms. The van der Waals surface area contributed by atoms with Crippen LogP contribution in [0.4, 0.5) is 8.78 Å². The van der Waals surface area contributed by atoms with Gasteiger partial charge in [0.1, 0.15) is 24.1 Å². The predicted octanol–water partition coefficient (Wildman–Crippen LogP) is 3.61. The number of halogens is 3. The van der Waals surface area contributed by atoms with E-state index in [0.717, 1.165) is 18.2 Å². The Kier molecular flexibility index (Phi) is 4.36. The molecule has 118 valence electrons. The Bertz CT molecular complexity index is 838. The molecule has 0 aliphatic heterocycles. The maximum atomic E-state index is 13.7. The molecule has 0 saturated carbocycles. The zero-order chi connectivity index (χ0) is 16.4. The standard InChI is InChI=1S/C16H12ClF2N3O/c17-13-4-2-1-3-11(13)16-20-9-21-22(16)8-15(23)12-7-10(18)5-6-14(12)19/h1-7,9,15,23H,8H2. The van der Waals surface area contributed by atoms with Crippen LogP contribution in [0.2, 0.25) is 5.02 Å². The summed E-state index contributed by atoms with van der Waals surface area (Å²) in [7, 11) is 0. The number of nitrogens with zero attached hydrogens (tertiary/aromatic N) is 3. The van der Waals surface area contributed by atoms with Crippen molar-refractivity contribution in [3.05, 3.63) is 71.0 Å². The van der Waals surface area contributed by atoms with Gasteiger partial charge in [-0.3, -0.25) is 0 Å². The molecule has 23 heavy (non-hydrogen) atoms. The van der Waals surface area contributed by atoms with Gasteiger partial charge in [-0.15, -0.1) is 0 Å². The summed E-state index contributed by atoms with van der Waals surface area (Å²) in [4.78, 5) is 4.12. The summed E-state index contributed by atoms with van der Waals surface area (Å²) < 4.78 is 28.4. The van der Waals surface area contributed by atoms with Crippen LogP contribution < -0.4 is 0 Å². The van der Waals surface area contributed by atoms with Crippen molar-refractivity contribution >= 4 is 11.6 Å². The normalized spacial score (nSPS) is 12.3. The lowest BCUT2D eigenvalue weighted by atomic mass is 10.1. The summed E-state index contributed by atoms with van der Waals surface area (Å²) in [6.45, 7) is -0.0824. The predicted molar refractivity (Wildman–Crippen MR) is 81.8 cm³/mol. The number of rotatable bonds is 4. The van der Waals surface area contributed by atoms with Gasteiger partial charge in [-0.2, -0.15) is 5.10 Å². The lowest BCUT2D eigenvalue weighted by Gasteiger charge is -2.14. The molecule has 1 heterocycles. The highest BCUT2D eigenvalue weighted by atomic mass is 35.5. The van der Waals surface area contributed by atoms with Gasteiger partial charge in [-0.25, -0.2) is 18.4 Å². The molecule has 0 amide bonds. The molecule has 0 radical (unpaired) electrons. The van der Waals surface area contributed by atoms with Gasteiger partial charge in [0.2, 0.25) is 0 Å². The maximum absolute atomic E-state index is 13.7. The monoisotopic (exact) mass is 335 g/mol. The zero-order valence-electron chi connectivity index (χ0n) is 11.8. The minimum absolute atomic E-state index is 0.0824. The van der Waals surface area contributed by atoms with Gasteiger partial charge < -0.3 is 5.11 Å². The van der Waals surface area contributed by atoms with Gasteiger partial charge in [0.05, 0.1) is 11.6 Å². The summed E-state index contributed by atoms with van der Waals surface area (Å²) in [6.07, 6.45) is 0.0430. The van der Waals surface area contributed by atoms with E-state index < -0.39 is 17.7 Å². The van der Waals surface area contributed by atoms with Crippen LogP contribution >= 0.6 is 11.6 Å². The van der Waals surface area contributed by atoms with Gasteiger partial charge >= 0.3 is 0 Å². The molecule has 1 aromatic heterocycles. The third-order valence-electron chi connectivity index (χ3n) is 3.39. The first kappa shape index (κ1) is 15.6. The first-order valence-corrected chi connectivity index (χ1v) is 7.20. The summed E-state index contributed by atoms with van der Waals surface area (Å²) in [5, 5.41) is 14.7. The molecule has 1 unspecified atom stereocenters. The molecular formula is C16H12ClF2N3O. The van der Waals surface area contributed by atoms with E-state index in [1.54, 1.807) is 24.3 Å². The Morgan fingerprint density at radius 3 is 2.74 bits per heavy atom. The molecule has 0 aliphatic rings. The first-order valence-electron chi connectivity index (χ1n) is 6.82. The smallest absolute Gasteiger partial charge is 0.159 e. The molecule has 0 fully saturated rings. The number of aliphatic hydroxyl groups is 1. The number of hydrogen-bond acceptors (Lipinski definition) is 3. The van der Waals surface area contributed by atoms with Crippen molar-refractivity contribution in [2.24, 2.45) is 0 Å². The van der Waals surface area contributed by atoms with Crippen LogP contribution in [0.3, 0.4) is 0 Å². The van der Waals surface area contributed by atoms with Crippen LogP contribution in [0.1, 0.15) is 11.7 Å². The van der Waals surface area contributed by atoms with E-state index in [-0.39, 0.29) is 12.1 Å². The molecule has 0 saturated heterocycles. The molecule has 1 N–H and O–H groups in total. The SMILES string of the molecule is OC(Cn1ncnc1-c1ccccc1Cl)c1cc(F)ccc1F. The molecule has 3 aromatic rings. The fraction of sp³-hybridized carbons (Fsp3) is 0.125. The van der Waals surface area contributed by atoms with E-state index in [4.69, 9.17) is 11.6 Å². The Hall–Kier alpha value is -2.31. The second-order valence-electron chi connectivity index (χ2n) is 4.93. The minimum Gasteiger partial charge on any atom is -0.386 e. The van der Waals surface area contributed by atoms with Crippen molar-refractivity contribution in [3.8, 4) is 11.4 Å². The topological polar surface area (TPSA) is 50.9 Å². The van der Waals surface area contributed by atoms with Crippen molar-refractivity contribution < 1.29 is 13.9 Å². The molecule has 4 nitrogen and oxygen atoms in total. The Balaban J connectivity index is 1.91. The second-order valence-corrected chi connectivity index (χ2v) is 5.33. The summed E-state index contributed by atoms with van der Waals surface area (Å²) >= 11 is 6.13. The maximum Gasteiger partial charge on any atom is 0.159 e. The Labute approximate surface area is 136 Å². The number of aliphatic hydroxyl groups excluding tert-OH is 1. The first-order chi connectivity index (χ1) is 11.1. The average molecular weight is 336 g/mol. The van der Waals surface area contributed by atoms with E-state index in [9.17, 15) is 13.9 Å². The Morgan fingerprint density at radius 1 is 1.17 bits per heavy atom. The zero-order valence-corrected chi connectivity index (χ0v) is 12.6. The van der Waals surface area contributed by atoms with E-state index in [2.05, 4.69) is 10.1 Å². The van der Waals surface area contributed by atoms with E-state index in [1.807, 2.05) is 0 Å². The van der Waals surface area contributed by atoms with Crippen LogP contribution in [0, 0.1) is 11.6 Å². The fourth-order valence-corrected chi connectivity index (χ4v) is 2.50. The van der Waals surface area contributed by atoms with Gasteiger partial charge in [-0.1, -0.05) is 23.7 Å². The molecular weight excluding hydrogens is 324 g/mol. The third kappa shape index (κ3) is 3.23. The molecule has 0 aliphatic carbocycles. The summed E-state index contributed by atoms with van der Waals surface area (Å²) in [5.74, 6) is -0.866. The number of benzene rings is 2. The average Bonchev–Trinajstić information content (AvgIpc) is 2.98.